The number of aryl methyl sites for hydroxylation is 1. The van der Waals surface area contributed by atoms with E-state index in [9.17, 15) is 8.42 Å². The predicted molar refractivity (Wildman–Crippen MR) is 84.2 cm³/mol. The molecule has 0 spiro atoms. The van der Waals surface area contributed by atoms with E-state index in [4.69, 9.17) is 5.73 Å². The molecule has 0 saturated heterocycles. The Hall–Kier alpha value is -1.07. The lowest BCUT2D eigenvalue weighted by atomic mass is 10.0. The highest BCUT2D eigenvalue weighted by atomic mass is 32.2. The van der Waals surface area contributed by atoms with Crippen LogP contribution in [-0.4, -0.2) is 14.5 Å². The van der Waals surface area contributed by atoms with Gasteiger partial charge in [-0.15, -0.1) is 0 Å². The molecule has 0 aromatic heterocycles. The molecule has 1 rings (SSSR count). The first-order valence-electron chi connectivity index (χ1n) is 7.06. The second-order valence-corrected chi connectivity index (χ2v) is 7.43. The fourth-order valence-corrected chi connectivity index (χ4v) is 3.89. The summed E-state index contributed by atoms with van der Waals surface area (Å²) >= 11 is 0. The zero-order valence-corrected chi connectivity index (χ0v) is 13.8. The third kappa shape index (κ3) is 4.21. The molecule has 0 aliphatic heterocycles. The molecule has 5 heteroatoms. The van der Waals surface area contributed by atoms with E-state index < -0.39 is 10.0 Å². The van der Waals surface area contributed by atoms with Crippen molar-refractivity contribution in [1.29, 1.82) is 0 Å². The Balaban J connectivity index is 3.00. The summed E-state index contributed by atoms with van der Waals surface area (Å²) < 4.78 is 27.7. The van der Waals surface area contributed by atoms with Crippen LogP contribution in [0, 0.1) is 19.8 Å². The lowest BCUT2D eigenvalue weighted by Crippen LogP contribution is -2.34. The number of benzene rings is 1. The number of nitrogen functional groups attached to an aromatic ring is 1. The van der Waals surface area contributed by atoms with Crippen LogP contribution in [0.3, 0.4) is 0 Å². The van der Waals surface area contributed by atoms with Crippen molar-refractivity contribution in [2.45, 2.75) is 58.4 Å². The average Bonchev–Trinajstić information content (AvgIpc) is 2.32. The number of sulfonamides is 1. The first-order chi connectivity index (χ1) is 9.17. The first-order valence-corrected chi connectivity index (χ1v) is 8.54. The fraction of sp³-hybridized carbons (Fsp3) is 0.600. The van der Waals surface area contributed by atoms with E-state index in [2.05, 4.69) is 18.6 Å². The molecule has 1 aromatic rings. The molecule has 1 aromatic carbocycles. The van der Waals surface area contributed by atoms with Crippen LogP contribution >= 0.6 is 0 Å². The van der Waals surface area contributed by atoms with Crippen LogP contribution in [0.15, 0.2) is 17.0 Å². The minimum Gasteiger partial charge on any atom is -0.398 e. The van der Waals surface area contributed by atoms with Crippen molar-refractivity contribution in [3.8, 4) is 0 Å². The Morgan fingerprint density at radius 3 is 2.40 bits per heavy atom. The summed E-state index contributed by atoms with van der Waals surface area (Å²) in [5.74, 6) is 0.497. The third-order valence-corrected chi connectivity index (χ3v) is 5.36. The normalized spacial score (nSPS) is 15.1. The summed E-state index contributed by atoms with van der Waals surface area (Å²) in [6, 6.07) is 3.37. The largest absolute Gasteiger partial charge is 0.398 e. The quantitative estimate of drug-likeness (QED) is 0.793. The standard InChI is InChI=1S/C15H26N2O2S/c1-6-10(2)7-12(4)17-20(18,19)15-9-11(3)8-14(16)13(15)5/h8-10,12,17H,6-7,16H2,1-5H3. The molecule has 0 saturated carbocycles. The SMILES string of the molecule is CCC(C)CC(C)NS(=O)(=O)c1cc(C)cc(N)c1C. The van der Waals surface area contributed by atoms with Gasteiger partial charge in [-0.1, -0.05) is 20.3 Å². The Morgan fingerprint density at radius 2 is 1.85 bits per heavy atom. The Morgan fingerprint density at radius 1 is 1.25 bits per heavy atom. The number of nitrogens with two attached hydrogens (primary N) is 1. The van der Waals surface area contributed by atoms with Crippen molar-refractivity contribution >= 4 is 15.7 Å². The van der Waals surface area contributed by atoms with Crippen molar-refractivity contribution in [2.24, 2.45) is 5.92 Å². The highest BCUT2D eigenvalue weighted by Gasteiger charge is 2.21. The van der Waals surface area contributed by atoms with E-state index in [0.717, 1.165) is 18.4 Å². The topological polar surface area (TPSA) is 72.2 Å². The van der Waals surface area contributed by atoms with Crippen LogP contribution < -0.4 is 10.5 Å². The highest BCUT2D eigenvalue weighted by Crippen LogP contribution is 2.23. The molecule has 0 aliphatic carbocycles. The molecule has 0 amide bonds. The maximum absolute atomic E-state index is 12.5. The molecule has 0 radical (unpaired) electrons. The number of rotatable bonds is 6. The van der Waals surface area contributed by atoms with E-state index in [1.807, 2.05) is 13.8 Å². The second-order valence-electron chi connectivity index (χ2n) is 5.75. The first kappa shape index (κ1) is 17.0. The van der Waals surface area contributed by atoms with Crippen molar-refractivity contribution in [2.75, 3.05) is 5.73 Å². The zero-order valence-electron chi connectivity index (χ0n) is 13.0. The molecule has 2 unspecified atom stereocenters. The smallest absolute Gasteiger partial charge is 0.241 e. The van der Waals surface area contributed by atoms with Gasteiger partial charge in [-0.2, -0.15) is 0 Å². The molecule has 3 N–H and O–H groups in total. The van der Waals surface area contributed by atoms with Crippen LogP contribution in [0.25, 0.3) is 0 Å². The third-order valence-electron chi connectivity index (χ3n) is 3.64. The summed E-state index contributed by atoms with van der Waals surface area (Å²) in [4.78, 5) is 0.283. The van der Waals surface area contributed by atoms with Crippen LogP contribution in [0.1, 0.15) is 44.7 Å². The van der Waals surface area contributed by atoms with Crippen LogP contribution in [-0.2, 0) is 10.0 Å². The molecule has 114 valence electrons. The van der Waals surface area contributed by atoms with Crippen molar-refractivity contribution < 1.29 is 8.42 Å². The number of hydrogen-bond acceptors (Lipinski definition) is 3. The zero-order chi connectivity index (χ0) is 15.5. The molecule has 2 atom stereocenters. The van der Waals surface area contributed by atoms with Crippen molar-refractivity contribution in [3.05, 3.63) is 23.3 Å². The number of hydrogen-bond donors (Lipinski definition) is 2. The van der Waals surface area contributed by atoms with Gasteiger partial charge in [0.25, 0.3) is 0 Å². The molecule has 0 heterocycles. The molecule has 0 bridgehead atoms. The second kappa shape index (κ2) is 6.59. The van der Waals surface area contributed by atoms with Crippen LogP contribution in [0.2, 0.25) is 0 Å². The average molecular weight is 298 g/mol. The molecule has 20 heavy (non-hydrogen) atoms. The summed E-state index contributed by atoms with van der Waals surface area (Å²) in [6.07, 6.45) is 1.87. The van der Waals surface area contributed by atoms with E-state index >= 15 is 0 Å². The van der Waals surface area contributed by atoms with Gasteiger partial charge in [-0.05, 0) is 56.4 Å². The van der Waals surface area contributed by atoms with E-state index in [1.165, 1.54) is 0 Å². The van der Waals surface area contributed by atoms with Crippen LogP contribution in [0.5, 0.6) is 0 Å². The summed E-state index contributed by atoms with van der Waals surface area (Å²) in [5.41, 5.74) is 7.83. The lowest BCUT2D eigenvalue weighted by Gasteiger charge is -2.19. The van der Waals surface area contributed by atoms with Gasteiger partial charge in [-0.25, -0.2) is 13.1 Å². The molecular weight excluding hydrogens is 272 g/mol. The van der Waals surface area contributed by atoms with Gasteiger partial charge in [0.2, 0.25) is 10.0 Å². The van der Waals surface area contributed by atoms with Gasteiger partial charge >= 0.3 is 0 Å². The molecular formula is C15H26N2O2S. The van der Waals surface area contributed by atoms with Gasteiger partial charge in [0.05, 0.1) is 4.90 Å². The minimum absolute atomic E-state index is 0.0870. The molecule has 0 aliphatic rings. The molecule has 4 nitrogen and oxygen atoms in total. The highest BCUT2D eigenvalue weighted by molar-refractivity contribution is 7.89. The van der Waals surface area contributed by atoms with Gasteiger partial charge in [-0.3, -0.25) is 0 Å². The summed E-state index contributed by atoms with van der Waals surface area (Å²) in [6.45, 7) is 9.72. The van der Waals surface area contributed by atoms with E-state index in [1.54, 1.807) is 19.1 Å². The summed E-state index contributed by atoms with van der Waals surface area (Å²) in [7, 11) is -3.52. The molecule has 0 fully saturated rings. The monoisotopic (exact) mass is 298 g/mol. The summed E-state index contributed by atoms with van der Waals surface area (Å²) in [5, 5.41) is 0. The number of nitrogens with one attached hydrogen (secondary N) is 1. The van der Waals surface area contributed by atoms with Gasteiger partial charge in [0, 0.05) is 11.7 Å². The van der Waals surface area contributed by atoms with E-state index in [0.29, 0.717) is 17.2 Å². The Bertz CT molecular complexity index is 567. The van der Waals surface area contributed by atoms with E-state index in [-0.39, 0.29) is 10.9 Å². The van der Waals surface area contributed by atoms with Crippen LogP contribution in [0.4, 0.5) is 5.69 Å². The van der Waals surface area contributed by atoms with Crippen molar-refractivity contribution in [3.63, 3.8) is 0 Å². The van der Waals surface area contributed by atoms with Crippen molar-refractivity contribution in [1.82, 2.24) is 4.72 Å². The van der Waals surface area contributed by atoms with Gasteiger partial charge in [0.15, 0.2) is 0 Å². The minimum atomic E-state index is -3.52. The maximum atomic E-state index is 12.5. The lowest BCUT2D eigenvalue weighted by molar-refractivity contribution is 0.445. The van der Waals surface area contributed by atoms with Gasteiger partial charge < -0.3 is 5.73 Å². The van der Waals surface area contributed by atoms with Gasteiger partial charge in [0.1, 0.15) is 0 Å². The fourth-order valence-electron chi connectivity index (χ4n) is 2.28. The predicted octanol–water partition coefficient (Wildman–Crippen LogP) is 2.99. The Labute approximate surface area is 122 Å². The number of anilines is 1. The maximum Gasteiger partial charge on any atom is 0.241 e. The Kier molecular flexibility index (Phi) is 5.59.